The highest BCUT2D eigenvalue weighted by molar-refractivity contribution is 6.03. The van der Waals surface area contributed by atoms with Gasteiger partial charge < -0.3 is 20.9 Å². The number of hydrogen-bond acceptors (Lipinski definition) is 5. The number of nitrogens with two attached hydrogens (primary N) is 2. The molecule has 0 bridgehead atoms. The fourth-order valence-corrected chi connectivity index (χ4v) is 2.78. The third kappa shape index (κ3) is 2.77. The minimum Gasteiger partial charge on any atom is -0.493 e. The first-order valence-electron chi connectivity index (χ1n) is 7.79. The number of carbonyl (C=O) groups is 1. The predicted molar refractivity (Wildman–Crippen MR) is 97.9 cm³/mol. The monoisotopic (exact) mass is 355 g/mol. The van der Waals surface area contributed by atoms with Gasteiger partial charge in [0, 0.05) is 28.3 Å². The van der Waals surface area contributed by atoms with E-state index in [2.05, 4.69) is 4.98 Å². The Labute approximate surface area is 149 Å². The van der Waals surface area contributed by atoms with Crippen LogP contribution in [-0.4, -0.2) is 25.1 Å². The van der Waals surface area contributed by atoms with Crippen molar-refractivity contribution in [3.63, 3.8) is 0 Å². The minimum atomic E-state index is -0.710. The number of rotatable bonds is 4. The minimum absolute atomic E-state index is 0.104. The smallest absolute Gasteiger partial charge is 0.250 e. The van der Waals surface area contributed by atoms with E-state index in [0.29, 0.717) is 28.1 Å². The van der Waals surface area contributed by atoms with Gasteiger partial charge in [0.15, 0.2) is 11.5 Å². The number of primary amides is 1. The molecule has 0 aliphatic heterocycles. The molecule has 1 heterocycles. The van der Waals surface area contributed by atoms with Gasteiger partial charge in [0.05, 0.1) is 31.0 Å². The number of methoxy groups -OCH3 is 2. The topological polar surface area (TPSA) is 100 Å². The van der Waals surface area contributed by atoms with Crippen LogP contribution in [0, 0.1) is 12.7 Å². The number of pyridine rings is 1. The highest BCUT2D eigenvalue weighted by Gasteiger charge is 2.19. The second-order valence-electron chi connectivity index (χ2n) is 5.79. The van der Waals surface area contributed by atoms with Crippen LogP contribution < -0.4 is 20.9 Å². The van der Waals surface area contributed by atoms with Crippen molar-refractivity contribution in [3.05, 3.63) is 47.3 Å². The lowest BCUT2D eigenvalue weighted by atomic mass is 9.99. The van der Waals surface area contributed by atoms with Gasteiger partial charge in [0.2, 0.25) is 0 Å². The first-order valence-corrected chi connectivity index (χ1v) is 7.79. The highest BCUT2D eigenvalue weighted by Crippen LogP contribution is 2.35. The maximum absolute atomic E-state index is 14.7. The third-order valence-corrected chi connectivity index (χ3v) is 4.27. The summed E-state index contributed by atoms with van der Waals surface area (Å²) in [5.74, 6) is -0.295. The normalized spacial score (nSPS) is 10.8. The SMILES string of the molecule is COc1cc2cc(C(N)=O)c(-c3ccc(N)c(C)c3F)nc2cc1OC. The molecule has 7 heteroatoms. The van der Waals surface area contributed by atoms with E-state index in [4.69, 9.17) is 20.9 Å². The second-order valence-corrected chi connectivity index (χ2v) is 5.79. The van der Waals surface area contributed by atoms with Gasteiger partial charge in [-0.1, -0.05) is 0 Å². The van der Waals surface area contributed by atoms with Crippen LogP contribution in [0.4, 0.5) is 10.1 Å². The van der Waals surface area contributed by atoms with Gasteiger partial charge in [-0.3, -0.25) is 4.79 Å². The van der Waals surface area contributed by atoms with E-state index in [1.165, 1.54) is 20.3 Å². The Morgan fingerprint density at radius 2 is 1.77 bits per heavy atom. The summed E-state index contributed by atoms with van der Waals surface area (Å²) in [6, 6.07) is 7.96. The number of ether oxygens (including phenoxy) is 2. The Kier molecular flexibility index (Phi) is 4.38. The van der Waals surface area contributed by atoms with E-state index in [9.17, 15) is 9.18 Å². The van der Waals surface area contributed by atoms with Gasteiger partial charge in [-0.15, -0.1) is 0 Å². The second kappa shape index (κ2) is 6.51. The average Bonchev–Trinajstić information content (AvgIpc) is 2.64. The third-order valence-electron chi connectivity index (χ3n) is 4.27. The van der Waals surface area contributed by atoms with Crippen molar-refractivity contribution < 1.29 is 18.7 Å². The number of fused-ring (bicyclic) bond motifs is 1. The van der Waals surface area contributed by atoms with Gasteiger partial charge in [-0.2, -0.15) is 0 Å². The molecule has 0 atom stereocenters. The maximum atomic E-state index is 14.7. The van der Waals surface area contributed by atoms with Crippen LogP contribution in [0.2, 0.25) is 0 Å². The van der Waals surface area contributed by atoms with E-state index in [-0.39, 0.29) is 22.4 Å². The quantitative estimate of drug-likeness (QED) is 0.701. The molecule has 0 aliphatic carbocycles. The van der Waals surface area contributed by atoms with Crippen molar-refractivity contribution in [1.82, 2.24) is 4.98 Å². The highest BCUT2D eigenvalue weighted by atomic mass is 19.1. The molecule has 0 fully saturated rings. The van der Waals surface area contributed by atoms with Crippen molar-refractivity contribution in [1.29, 1.82) is 0 Å². The maximum Gasteiger partial charge on any atom is 0.250 e. The van der Waals surface area contributed by atoms with Crippen LogP contribution in [0.25, 0.3) is 22.2 Å². The van der Waals surface area contributed by atoms with Crippen LogP contribution in [0.1, 0.15) is 15.9 Å². The molecule has 3 aromatic rings. The molecule has 4 N–H and O–H groups in total. The van der Waals surface area contributed by atoms with Crippen molar-refractivity contribution in [2.75, 3.05) is 20.0 Å². The predicted octanol–water partition coefficient (Wildman–Crippen LogP) is 3.05. The molecule has 0 spiro atoms. The largest absolute Gasteiger partial charge is 0.493 e. The molecule has 0 saturated carbocycles. The molecule has 1 amide bonds. The molecular formula is C19H18FN3O3. The fraction of sp³-hybridized carbons (Fsp3) is 0.158. The van der Waals surface area contributed by atoms with Gasteiger partial charge >= 0.3 is 0 Å². The van der Waals surface area contributed by atoms with Gasteiger partial charge in [-0.05, 0) is 31.2 Å². The van der Waals surface area contributed by atoms with E-state index < -0.39 is 11.7 Å². The first-order chi connectivity index (χ1) is 12.4. The Morgan fingerprint density at radius 3 is 2.38 bits per heavy atom. The van der Waals surface area contributed by atoms with Crippen molar-refractivity contribution >= 4 is 22.5 Å². The lowest BCUT2D eigenvalue weighted by Gasteiger charge is -2.13. The summed E-state index contributed by atoms with van der Waals surface area (Å²) in [7, 11) is 3.01. The molecule has 0 radical (unpaired) electrons. The molecule has 3 rings (SSSR count). The van der Waals surface area contributed by atoms with Crippen LogP contribution in [0.15, 0.2) is 30.3 Å². The van der Waals surface area contributed by atoms with E-state index in [0.717, 1.165) is 0 Å². The molecule has 1 aromatic heterocycles. The Bertz CT molecular complexity index is 1030. The lowest BCUT2D eigenvalue weighted by Crippen LogP contribution is -2.14. The number of halogens is 1. The molecule has 134 valence electrons. The van der Waals surface area contributed by atoms with Crippen molar-refractivity contribution in [3.8, 4) is 22.8 Å². The molecule has 0 aliphatic rings. The Morgan fingerprint density at radius 1 is 1.12 bits per heavy atom. The van der Waals surface area contributed by atoms with Crippen molar-refractivity contribution in [2.45, 2.75) is 6.92 Å². The number of hydrogen-bond donors (Lipinski definition) is 2. The first kappa shape index (κ1) is 17.5. The number of aromatic nitrogens is 1. The molecule has 6 nitrogen and oxygen atoms in total. The number of nitrogens with zero attached hydrogens (tertiary/aromatic N) is 1. The Hall–Kier alpha value is -3.35. The molecule has 26 heavy (non-hydrogen) atoms. The molecule has 2 aromatic carbocycles. The zero-order valence-corrected chi connectivity index (χ0v) is 14.6. The molecule has 0 unspecified atom stereocenters. The van der Waals surface area contributed by atoms with Gasteiger partial charge in [-0.25, -0.2) is 9.37 Å². The summed E-state index contributed by atoms with van der Waals surface area (Å²) in [6.45, 7) is 1.56. The summed E-state index contributed by atoms with van der Waals surface area (Å²) < 4.78 is 25.3. The van der Waals surface area contributed by atoms with Crippen LogP contribution >= 0.6 is 0 Å². The summed E-state index contributed by atoms with van der Waals surface area (Å²) >= 11 is 0. The summed E-state index contributed by atoms with van der Waals surface area (Å²) in [6.07, 6.45) is 0. The van der Waals surface area contributed by atoms with E-state index >= 15 is 0 Å². The summed E-state index contributed by atoms with van der Waals surface area (Å²) in [5.41, 5.74) is 12.8. The molecule has 0 saturated heterocycles. The zero-order chi connectivity index (χ0) is 19.0. The number of carbonyl (C=O) groups excluding carboxylic acids is 1. The van der Waals surface area contributed by atoms with Crippen LogP contribution in [0.5, 0.6) is 11.5 Å². The standard InChI is InChI=1S/C19H18FN3O3/c1-9-13(21)5-4-11(17(9)20)18-12(19(22)24)6-10-7-15(25-2)16(26-3)8-14(10)23-18/h4-8H,21H2,1-3H3,(H2,22,24). The number of amides is 1. The number of anilines is 1. The van der Waals surface area contributed by atoms with Crippen LogP contribution in [-0.2, 0) is 0 Å². The number of benzene rings is 2. The summed E-state index contributed by atoms with van der Waals surface area (Å²) in [5, 5.41) is 0.618. The fourth-order valence-electron chi connectivity index (χ4n) is 2.78. The summed E-state index contributed by atoms with van der Waals surface area (Å²) in [4.78, 5) is 16.4. The van der Waals surface area contributed by atoms with Crippen LogP contribution in [0.3, 0.4) is 0 Å². The lowest BCUT2D eigenvalue weighted by molar-refractivity contribution is 0.100. The van der Waals surface area contributed by atoms with E-state index in [1.807, 2.05) is 0 Å². The molecular weight excluding hydrogens is 337 g/mol. The van der Waals surface area contributed by atoms with Gasteiger partial charge in [0.25, 0.3) is 5.91 Å². The zero-order valence-electron chi connectivity index (χ0n) is 14.6. The van der Waals surface area contributed by atoms with E-state index in [1.54, 1.807) is 31.2 Å². The van der Waals surface area contributed by atoms with Gasteiger partial charge in [0.1, 0.15) is 5.82 Å². The number of nitrogen functional groups attached to an aromatic ring is 1. The van der Waals surface area contributed by atoms with Crippen molar-refractivity contribution in [2.24, 2.45) is 5.73 Å². The average molecular weight is 355 g/mol. The Balaban J connectivity index is 2.36.